The number of hydrogen-bond donors (Lipinski definition) is 0. The number of ether oxygens (including phenoxy) is 2. The number of nitrogens with zero attached hydrogens (tertiary/aromatic N) is 1. The van der Waals surface area contributed by atoms with Crippen LogP contribution in [0.5, 0.6) is 17.2 Å². The van der Waals surface area contributed by atoms with E-state index in [2.05, 4.69) is 6.07 Å². The third-order valence-corrected chi connectivity index (χ3v) is 2.90. The summed E-state index contributed by atoms with van der Waals surface area (Å²) in [6, 6.07) is 14.7. The highest BCUT2D eigenvalue weighted by molar-refractivity contribution is 6.32. The third-order valence-electron chi connectivity index (χ3n) is 2.59. The van der Waals surface area contributed by atoms with Crippen molar-refractivity contribution in [3.05, 3.63) is 53.1 Å². The van der Waals surface area contributed by atoms with E-state index < -0.39 is 0 Å². The van der Waals surface area contributed by atoms with Gasteiger partial charge in [-0.05, 0) is 18.2 Å². The highest BCUT2D eigenvalue weighted by Gasteiger charge is 2.11. The van der Waals surface area contributed by atoms with E-state index >= 15 is 0 Å². The maximum Gasteiger partial charge on any atom is 0.169 e. The van der Waals surface area contributed by atoms with Crippen LogP contribution in [0.25, 0.3) is 0 Å². The van der Waals surface area contributed by atoms with Crippen LogP contribution in [0.1, 0.15) is 5.56 Å². The van der Waals surface area contributed by atoms with Crippen molar-refractivity contribution >= 4 is 11.6 Å². The van der Waals surface area contributed by atoms with Gasteiger partial charge in [0.2, 0.25) is 0 Å². The number of rotatable bonds is 4. The predicted molar refractivity (Wildman–Crippen MR) is 73.8 cm³/mol. The fraction of sp³-hybridized carbons (Fsp3) is 0.133. The molecule has 2 aromatic carbocycles. The van der Waals surface area contributed by atoms with Crippen molar-refractivity contribution in [3.63, 3.8) is 0 Å². The first kappa shape index (κ1) is 13.3. The molecule has 4 heteroatoms. The quantitative estimate of drug-likeness (QED) is 0.838. The molecular formula is C15H12ClNO2. The van der Waals surface area contributed by atoms with Crippen LogP contribution in [0, 0.1) is 11.3 Å². The van der Waals surface area contributed by atoms with Crippen LogP contribution in [-0.4, -0.2) is 7.11 Å². The first-order valence-corrected chi connectivity index (χ1v) is 6.09. The fourth-order valence-corrected chi connectivity index (χ4v) is 1.92. The van der Waals surface area contributed by atoms with E-state index in [1.165, 1.54) is 0 Å². The lowest BCUT2D eigenvalue weighted by Crippen LogP contribution is -1.95. The zero-order valence-electron chi connectivity index (χ0n) is 10.4. The molecule has 96 valence electrons. The van der Waals surface area contributed by atoms with Crippen molar-refractivity contribution in [2.75, 3.05) is 7.11 Å². The van der Waals surface area contributed by atoms with Crippen LogP contribution in [0.4, 0.5) is 0 Å². The fourth-order valence-electron chi connectivity index (χ4n) is 1.74. The van der Waals surface area contributed by atoms with E-state index in [0.717, 1.165) is 5.56 Å². The molecule has 0 bridgehead atoms. The zero-order valence-corrected chi connectivity index (χ0v) is 11.1. The van der Waals surface area contributed by atoms with Gasteiger partial charge in [0.25, 0.3) is 0 Å². The number of nitriles is 1. The maximum absolute atomic E-state index is 8.80. The summed E-state index contributed by atoms with van der Waals surface area (Å²) < 4.78 is 11.1. The first-order valence-electron chi connectivity index (χ1n) is 5.71. The average Bonchev–Trinajstić information content (AvgIpc) is 2.42. The van der Waals surface area contributed by atoms with Crippen molar-refractivity contribution in [2.24, 2.45) is 0 Å². The molecule has 3 nitrogen and oxygen atoms in total. The molecule has 0 aromatic heterocycles. The number of para-hydroxylation sites is 2. The minimum atomic E-state index is 0.267. The van der Waals surface area contributed by atoms with E-state index in [9.17, 15) is 0 Å². The van der Waals surface area contributed by atoms with Gasteiger partial charge in [0.05, 0.1) is 24.6 Å². The lowest BCUT2D eigenvalue weighted by molar-refractivity contribution is 0.375. The Hall–Kier alpha value is -2.18. The van der Waals surface area contributed by atoms with E-state index in [4.69, 9.17) is 26.3 Å². The lowest BCUT2D eigenvalue weighted by atomic mass is 10.1. The topological polar surface area (TPSA) is 42.2 Å². The Kier molecular flexibility index (Phi) is 4.27. The van der Waals surface area contributed by atoms with Gasteiger partial charge in [0.15, 0.2) is 11.5 Å². The number of methoxy groups -OCH3 is 1. The van der Waals surface area contributed by atoms with Crippen molar-refractivity contribution in [3.8, 4) is 23.3 Å². The molecule has 19 heavy (non-hydrogen) atoms. The van der Waals surface area contributed by atoms with Gasteiger partial charge in [0, 0.05) is 5.56 Å². The lowest BCUT2D eigenvalue weighted by Gasteiger charge is -2.13. The second-order valence-electron chi connectivity index (χ2n) is 3.82. The second kappa shape index (κ2) is 6.12. The summed E-state index contributed by atoms with van der Waals surface area (Å²) in [4.78, 5) is 0. The van der Waals surface area contributed by atoms with Crippen molar-refractivity contribution in [1.82, 2.24) is 0 Å². The van der Waals surface area contributed by atoms with E-state index in [0.29, 0.717) is 22.3 Å². The Bertz CT molecular complexity index is 620. The molecule has 0 heterocycles. The van der Waals surface area contributed by atoms with Crippen LogP contribution >= 0.6 is 11.6 Å². The van der Waals surface area contributed by atoms with E-state index in [1.54, 1.807) is 25.3 Å². The standard InChI is InChI=1S/C15H12ClNO2/c1-18-15-11(9-10-17)5-4-8-14(15)19-13-7-3-2-6-12(13)16/h2-8H,9H2,1H3. The zero-order chi connectivity index (χ0) is 13.7. The van der Waals surface area contributed by atoms with Crippen LogP contribution in [0.3, 0.4) is 0 Å². The molecule has 0 aliphatic heterocycles. The van der Waals surface area contributed by atoms with Gasteiger partial charge in [-0.25, -0.2) is 0 Å². The molecule has 0 saturated heterocycles. The molecule has 0 radical (unpaired) electrons. The van der Waals surface area contributed by atoms with Gasteiger partial charge in [-0.1, -0.05) is 35.9 Å². The molecule has 0 aliphatic carbocycles. The summed E-state index contributed by atoms with van der Waals surface area (Å²) in [5, 5.41) is 9.32. The minimum absolute atomic E-state index is 0.267. The Morgan fingerprint density at radius 1 is 1.11 bits per heavy atom. The van der Waals surface area contributed by atoms with Crippen LogP contribution in [0.15, 0.2) is 42.5 Å². The summed E-state index contributed by atoms with van der Waals surface area (Å²) in [6.07, 6.45) is 0.267. The largest absolute Gasteiger partial charge is 0.493 e. The molecule has 0 saturated carbocycles. The van der Waals surface area contributed by atoms with E-state index in [1.807, 2.05) is 24.3 Å². The second-order valence-corrected chi connectivity index (χ2v) is 4.22. The van der Waals surface area contributed by atoms with Gasteiger partial charge in [-0.2, -0.15) is 5.26 Å². The predicted octanol–water partition coefficient (Wildman–Crippen LogP) is 4.21. The molecule has 2 aromatic rings. The molecule has 0 aliphatic rings. The molecule has 0 fully saturated rings. The monoisotopic (exact) mass is 273 g/mol. The van der Waals surface area contributed by atoms with Crippen molar-refractivity contribution in [1.29, 1.82) is 5.26 Å². The third kappa shape index (κ3) is 2.98. The Morgan fingerprint density at radius 3 is 2.53 bits per heavy atom. The molecular weight excluding hydrogens is 262 g/mol. The van der Waals surface area contributed by atoms with Gasteiger partial charge in [-0.3, -0.25) is 0 Å². The molecule has 0 spiro atoms. The van der Waals surface area contributed by atoms with Gasteiger partial charge in [-0.15, -0.1) is 0 Å². The summed E-state index contributed by atoms with van der Waals surface area (Å²) in [7, 11) is 1.55. The highest BCUT2D eigenvalue weighted by Crippen LogP contribution is 2.37. The van der Waals surface area contributed by atoms with E-state index in [-0.39, 0.29) is 6.42 Å². The summed E-state index contributed by atoms with van der Waals surface area (Å²) in [5.74, 6) is 1.66. The van der Waals surface area contributed by atoms with Gasteiger partial charge < -0.3 is 9.47 Å². The molecule has 0 unspecified atom stereocenters. The molecule has 0 N–H and O–H groups in total. The van der Waals surface area contributed by atoms with Gasteiger partial charge >= 0.3 is 0 Å². The molecule has 2 rings (SSSR count). The number of halogens is 1. The summed E-state index contributed by atoms with van der Waals surface area (Å²) >= 11 is 6.05. The van der Waals surface area contributed by atoms with Crippen molar-refractivity contribution in [2.45, 2.75) is 6.42 Å². The minimum Gasteiger partial charge on any atom is -0.493 e. The molecule has 0 amide bonds. The Labute approximate surface area is 117 Å². The Morgan fingerprint density at radius 2 is 1.84 bits per heavy atom. The first-order chi connectivity index (χ1) is 9.26. The van der Waals surface area contributed by atoms with Crippen LogP contribution < -0.4 is 9.47 Å². The van der Waals surface area contributed by atoms with Crippen LogP contribution in [0.2, 0.25) is 5.02 Å². The summed E-state index contributed by atoms with van der Waals surface area (Å²) in [6.45, 7) is 0. The van der Waals surface area contributed by atoms with Crippen molar-refractivity contribution < 1.29 is 9.47 Å². The number of hydrogen-bond acceptors (Lipinski definition) is 3. The van der Waals surface area contributed by atoms with Gasteiger partial charge in [0.1, 0.15) is 5.75 Å². The maximum atomic E-state index is 8.80. The van der Waals surface area contributed by atoms with Crippen LogP contribution in [-0.2, 0) is 6.42 Å². The smallest absolute Gasteiger partial charge is 0.169 e. The highest BCUT2D eigenvalue weighted by atomic mass is 35.5. The number of benzene rings is 2. The average molecular weight is 274 g/mol. The Balaban J connectivity index is 2.38. The summed E-state index contributed by atoms with van der Waals surface area (Å²) in [5.41, 5.74) is 0.787. The normalized spacial score (nSPS) is 9.74. The molecule has 0 atom stereocenters. The SMILES string of the molecule is COc1c(CC#N)cccc1Oc1ccccc1Cl.